The average Bonchev–Trinajstić information content (AvgIpc) is 2.54. The number of benzene rings is 1. The van der Waals surface area contributed by atoms with E-state index >= 15 is 0 Å². The van der Waals surface area contributed by atoms with Gasteiger partial charge in [-0.1, -0.05) is 18.2 Å². The largest absolute Gasteiger partial charge is 0.462 e. The lowest BCUT2D eigenvalue weighted by molar-refractivity contribution is -0.138. The number of nitriles is 1. The summed E-state index contributed by atoms with van der Waals surface area (Å²) in [6, 6.07) is 12.1. The minimum absolute atomic E-state index is 0.0602. The molecule has 0 amide bonds. The number of rotatable bonds is 4. The molecular formula is C16H19N3O2. The Hall–Kier alpha value is -2.48. The molecule has 21 heavy (non-hydrogen) atoms. The topological polar surface area (TPSA) is 56.6 Å². The van der Waals surface area contributed by atoms with Gasteiger partial charge in [0, 0.05) is 38.1 Å². The second kappa shape index (κ2) is 7.34. The van der Waals surface area contributed by atoms with E-state index in [1.54, 1.807) is 13.1 Å². The van der Waals surface area contributed by atoms with Gasteiger partial charge in [0.25, 0.3) is 0 Å². The number of piperazine rings is 1. The number of carbonyl (C=O) groups excluding carboxylic acids is 1. The van der Waals surface area contributed by atoms with Crippen LogP contribution in [-0.2, 0) is 9.53 Å². The summed E-state index contributed by atoms with van der Waals surface area (Å²) in [5.74, 6) is -0.550. The van der Waals surface area contributed by atoms with Gasteiger partial charge in [-0.15, -0.1) is 0 Å². The number of carbonyl (C=O) groups is 1. The van der Waals surface area contributed by atoms with Crippen molar-refractivity contribution in [2.75, 3.05) is 37.7 Å². The highest BCUT2D eigenvalue weighted by Gasteiger charge is 2.17. The summed E-state index contributed by atoms with van der Waals surface area (Å²) in [4.78, 5) is 15.9. The molecule has 0 aliphatic carbocycles. The molecule has 1 aromatic carbocycles. The Morgan fingerprint density at radius 2 is 1.95 bits per heavy atom. The van der Waals surface area contributed by atoms with Gasteiger partial charge >= 0.3 is 5.97 Å². The highest BCUT2D eigenvalue weighted by molar-refractivity contribution is 5.92. The monoisotopic (exact) mass is 285 g/mol. The van der Waals surface area contributed by atoms with Gasteiger partial charge in [-0.2, -0.15) is 5.26 Å². The molecule has 0 N–H and O–H groups in total. The first-order chi connectivity index (χ1) is 10.2. The van der Waals surface area contributed by atoms with Crippen LogP contribution in [0.3, 0.4) is 0 Å². The Morgan fingerprint density at radius 3 is 2.52 bits per heavy atom. The molecule has 5 nitrogen and oxygen atoms in total. The maximum atomic E-state index is 11.6. The van der Waals surface area contributed by atoms with Crippen molar-refractivity contribution >= 4 is 11.7 Å². The summed E-state index contributed by atoms with van der Waals surface area (Å²) in [5, 5.41) is 9.03. The normalized spacial score (nSPS) is 15.5. The molecule has 110 valence electrons. The van der Waals surface area contributed by atoms with Crippen LogP contribution in [-0.4, -0.2) is 43.7 Å². The smallest absolute Gasteiger partial charge is 0.350 e. The quantitative estimate of drug-likeness (QED) is 0.479. The van der Waals surface area contributed by atoms with Crippen molar-refractivity contribution in [1.29, 1.82) is 5.26 Å². The van der Waals surface area contributed by atoms with Crippen molar-refractivity contribution in [3.63, 3.8) is 0 Å². The zero-order valence-electron chi connectivity index (χ0n) is 12.2. The molecule has 1 aliphatic rings. The molecule has 5 heteroatoms. The van der Waals surface area contributed by atoms with Gasteiger partial charge in [-0.25, -0.2) is 4.79 Å². The highest BCUT2D eigenvalue weighted by Crippen LogP contribution is 2.16. The molecule has 1 fully saturated rings. The number of hydrogen-bond donors (Lipinski definition) is 0. The Kier molecular flexibility index (Phi) is 5.22. The minimum Gasteiger partial charge on any atom is -0.462 e. The Balaban J connectivity index is 1.94. The number of anilines is 1. The summed E-state index contributed by atoms with van der Waals surface area (Å²) in [6.45, 7) is 5.29. The maximum absolute atomic E-state index is 11.6. The van der Waals surface area contributed by atoms with E-state index in [2.05, 4.69) is 17.0 Å². The fourth-order valence-corrected chi connectivity index (χ4v) is 2.27. The molecular weight excluding hydrogens is 266 g/mol. The molecule has 0 bridgehead atoms. The van der Waals surface area contributed by atoms with Crippen molar-refractivity contribution in [2.45, 2.75) is 6.92 Å². The first kappa shape index (κ1) is 14.9. The lowest BCUT2D eigenvalue weighted by Gasteiger charge is -2.35. The zero-order chi connectivity index (χ0) is 15.1. The molecule has 1 heterocycles. The van der Waals surface area contributed by atoms with E-state index < -0.39 is 5.97 Å². The maximum Gasteiger partial charge on any atom is 0.350 e. The van der Waals surface area contributed by atoms with Crippen LogP contribution < -0.4 is 4.90 Å². The molecule has 0 unspecified atom stereocenters. The first-order valence-corrected chi connectivity index (χ1v) is 7.07. The lowest BCUT2D eigenvalue weighted by atomic mass is 10.2. The zero-order valence-corrected chi connectivity index (χ0v) is 12.2. The van der Waals surface area contributed by atoms with Gasteiger partial charge in [0.2, 0.25) is 0 Å². The van der Waals surface area contributed by atoms with E-state index in [4.69, 9.17) is 10.00 Å². The van der Waals surface area contributed by atoms with Crippen LogP contribution in [0.25, 0.3) is 0 Å². The van der Waals surface area contributed by atoms with Gasteiger partial charge in [0.05, 0.1) is 6.61 Å². The third kappa shape index (κ3) is 3.99. The van der Waals surface area contributed by atoms with E-state index in [1.807, 2.05) is 29.2 Å². The second-order valence-corrected chi connectivity index (χ2v) is 4.73. The molecule has 1 saturated heterocycles. The van der Waals surface area contributed by atoms with Gasteiger partial charge in [-0.3, -0.25) is 0 Å². The van der Waals surface area contributed by atoms with Crippen molar-refractivity contribution < 1.29 is 9.53 Å². The van der Waals surface area contributed by atoms with Crippen molar-refractivity contribution in [2.24, 2.45) is 0 Å². The van der Waals surface area contributed by atoms with E-state index in [0.717, 1.165) is 26.2 Å². The average molecular weight is 285 g/mol. The van der Waals surface area contributed by atoms with Crippen LogP contribution in [0, 0.1) is 11.3 Å². The summed E-state index contributed by atoms with van der Waals surface area (Å²) in [7, 11) is 0. The molecule has 0 saturated carbocycles. The van der Waals surface area contributed by atoms with E-state index in [0.29, 0.717) is 0 Å². The first-order valence-electron chi connectivity index (χ1n) is 7.07. The van der Waals surface area contributed by atoms with Crippen molar-refractivity contribution in [3.8, 4) is 6.07 Å². The predicted octanol–water partition coefficient (Wildman–Crippen LogP) is 1.78. The molecule has 1 aliphatic heterocycles. The Morgan fingerprint density at radius 1 is 1.29 bits per heavy atom. The molecule has 1 aromatic rings. The van der Waals surface area contributed by atoms with Crippen LogP contribution in [0.5, 0.6) is 0 Å². The number of esters is 1. The highest BCUT2D eigenvalue weighted by atomic mass is 16.5. The van der Waals surface area contributed by atoms with Crippen LogP contribution in [0.2, 0.25) is 0 Å². The lowest BCUT2D eigenvalue weighted by Crippen LogP contribution is -2.44. The minimum atomic E-state index is -0.550. The van der Waals surface area contributed by atoms with E-state index in [1.165, 1.54) is 5.69 Å². The SMILES string of the molecule is CCOC(=O)/C(C#N)=C/N1CCN(c2ccccc2)CC1. The number of hydrogen-bond acceptors (Lipinski definition) is 5. The molecule has 0 aromatic heterocycles. The predicted molar refractivity (Wildman–Crippen MR) is 80.6 cm³/mol. The summed E-state index contributed by atoms with van der Waals surface area (Å²) in [6.07, 6.45) is 1.61. The number of nitrogens with zero attached hydrogens (tertiary/aromatic N) is 3. The molecule has 0 spiro atoms. The second-order valence-electron chi connectivity index (χ2n) is 4.73. The third-order valence-electron chi connectivity index (χ3n) is 3.36. The fourth-order valence-electron chi connectivity index (χ4n) is 2.27. The van der Waals surface area contributed by atoms with Crippen LogP contribution in [0.15, 0.2) is 42.1 Å². The Bertz CT molecular complexity index is 540. The van der Waals surface area contributed by atoms with Crippen LogP contribution in [0.1, 0.15) is 6.92 Å². The molecule has 0 radical (unpaired) electrons. The van der Waals surface area contributed by atoms with Crippen molar-refractivity contribution in [3.05, 3.63) is 42.1 Å². The van der Waals surface area contributed by atoms with Crippen LogP contribution >= 0.6 is 0 Å². The van der Waals surface area contributed by atoms with Crippen molar-refractivity contribution in [1.82, 2.24) is 4.90 Å². The standard InChI is InChI=1S/C16H19N3O2/c1-2-21-16(20)14(12-17)13-18-8-10-19(11-9-18)15-6-4-3-5-7-15/h3-7,13H,2,8-11H2,1H3/b14-13+. The van der Waals surface area contributed by atoms with Crippen LogP contribution in [0.4, 0.5) is 5.69 Å². The summed E-state index contributed by atoms with van der Waals surface area (Å²) >= 11 is 0. The van der Waals surface area contributed by atoms with E-state index in [-0.39, 0.29) is 12.2 Å². The van der Waals surface area contributed by atoms with Gasteiger partial charge in [0.1, 0.15) is 6.07 Å². The summed E-state index contributed by atoms with van der Waals surface area (Å²) in [5.41, 5.74) is 1.26. The molecule has 0 atom stereocenters. The fraction of sp³-hybridized carbons (Fsp3) is 0.375. The van der Waals surface area contributed by atoms with E-state index in [9.17, 15) is 4.79 Å². The van der Waals surface area contributed by atoms with Gasteiger partial charge in [-0.05, 0) is 19.1 Å². The van der Waals surface area contributed by atoms with Gasteiger partial charge in [0.15, 0.2) is 5.57 Å². The number of para-hydroxylation sites is 1. The number of ether oxygens (including phenoxy) is 1. The Labute approximate surface area is 125 Å². The third-order valence-corrected chi connectivity index (χ3v) is 3.36. The molecule has 2 rings (SSSR count). The van der Waals surface area contributed by atoms with Gasteiger partial charge < -0.3 is 14.5 Å². The summed E-state index contributed by atoms with van der Waals surface area (Å²) < 4.78 is 4.86.